The second kappa shape index (κ2) is 7.35. The molecule has 0 radical (unpaired) electrons. The highest BCUT2D eigenvalue weighted by Crippen LogP contribution is 2.26. The number of rotatable bonds is 5. The molecule has 0 atom stereocenters. The molecular formula is C20H25N5. The Hall–Kier alpha value is -2.21. The maximum Gasteiger partial charge on any atom is 0.137 e. The fourth-order valence-electron chi connectivity index (χ4n) is 3.51. The maximum absolute atomic E-state index is 5.75. The number of aromatic nitrogens is 2. The summed E-state index contributed by atoms with van der Waals surface area (Å²) in [5, 5.41) is 3.43. The molecule has 130 valence electrons. The van der Waals surface area contributed by atoms with Gasteiger partial charge < -0.3 is 15.5 Å². The number of benzene rings is 1. The molecule has 0 amide bonds. The van der Waals surface area contributed by atoms with Crippen molar-refractivity contribution >= 4 is 5.65 Å². The first-order valence-corrected chi connectivity index (χ1v) is 9.03. The number of nitrogens with two attached hydrogens (primary N) is 1. The predicted molar refractivity (Wildman–Crippen MR) is 102 cm³/mol. The lowest BCUT2D eigenvalue weighted by molar-refractivity contribution is 0.230. The van der Waals surface area contributed by atoms with Crippen LogP contribution in [-0.4, -0.2) is 47.0 Å². The zero-order valence-electron chi connectivity index (χ0n) is 14.5. The highest BCUT2D eigenvalue weighted by molar-refractivity contribution is 5.66. The topological polar surface area (TPSA) is 58.6 Å². The lowest BCUT2D eigenvalue weighted by Gasteiger charge is -2.27. The van der Waals surface area contributed by atoms with Gasteiger partial charge in [-0.25, -0.2) is 4.98 Å². The Morgan fingerprint density at radius 2 is 1.84 bits per heavy atom. The van der Waals surface area contributed by atoms with Crippen LogP contribution in [0.5, 0.6) is 0 Å². The minimum absolute atomic E-state index is 0.666. The van der Waals surface area contributed by atoms with Crippen LogP contribution < -0.4 is 11.1 Å². The van der Waals surface area contributed by atoms with Crippen LogP contribution >= 0.6 is 0 Å². The van der Waals surface area contributed by atoms with E-state index in [0.717, 1.165) is 50.5 Å². The van der Waals surface area contributed by atoms with E-state index in [1.165, 1.54) is 16.8 Å². The van der Waals surface area contributed by atoms with Crippen LogP contribution in [-0.2, 0) is 13.0 Å². The van der Waals surface area contributed by atoms with E-state index in [9.17, 15) is 0 Å². The molecule has 1 aromatic carbocycles. The first kappa shape index (κ1) is 16.3. The van der Waals surface area contributed by atoms with Crippen LogP contribution in [0.3, 0.4) is 0 Å². The molecule has 3 N–H and O–H groups in total. The second-order valence-corrected chi connectivity index (χ2v) is 6.60. The predicted octanol–water partition coefficient (Wildman–Crippen LogP) is 1.91. The normalized spacial score (nSPS) is 15.7. The van der Waals surface area contributed by atoms with Crippen LogP contribution in [0.2, 0.25) is 0 Å². The third-order valence-electron chi connectivity index (χ3n) is 4.84. The third kappa shape index (κ3) is 3.44. The molecule has 1 aliphatic heterocycles. The van der Waals surface area contributed by atoms with Gasteiger partial charge in [0.25, 0.3) is 0 Å². The number of pyridine rings is 1. The average molecular weight is 335 g/mol. The van der Waals surface area contributed by atoms with E-state index < -0.39 is 0 Å². The van der Waals surface area contributed by atoms with E-state index in [1.54, 1.807) is 0 Å². The van der Waals surface area contributed by atoms with Crippen molar-refractivity contribution in [1.82, 2.24) is 19.6 Å². The molecule has 0 spiro atoms. The largest absolute Gasteiger partial charge is 0.330 e. The van der Waals surface area contributed by atoms with E-state index >= 15 is 0 Å². The van der Waals surface area contributed by atoms with Crippen molar-refractivity contribution in [1.29, 1.82) is 0 Å². The summed E-state index contributed by atoms with van der Waals surface area (Å²) in [5.41, 5.74) is 11.5. The Bertz CT molecular complexity index is 834. The molecule has 2 aromatic heterocycles. The second-order valence-electron chi connectivity index (χ2n) is 6.60. The zero-order chi connectivity index (χ0) is 17.1. The third-order valence-corrected chi connectivity index (χ3v) is 4.84. The van der Waals surface area contributed by atoms with Gasteiger partial charge in [-0.1, -0.05) is 36.4 Å². The minimum Gasteiger partial charge on any atom is -0.330 e. The minimum atomic E-state index is 0.666. The lowest BCUT2D eigenvalue weighted by atomic mass is 10.1. The van der Waals surface area contributed by atoms with E-state index in [0.29, 0.717) is 6.54 Å². The van der Waals surface area contributed by atoms with Gasteiger partial charge in [-0.2, -0.15) is 0 Å². The summed E-state index contributed by atoms with van der Waals surface area (Å²) in [6.07, 6.45) is 3.10. The van der Waals surface area contributed by atoms with Gasteiger partial charge in [0.1, 0.15) is 5.65 Å². The Labute approximate surface area is 148 Å². The summed E-state index contributed by atoms with van der Waals surface area (Å²) in [6, 6.07) is 14.7. The molecule has 3 aromatic rings. The molecule has 1 fully saturated rings. The lowest BCUT2D eigenvalue weighted by Crippen LogP contribution is -2.43. The van der Waals surface area contributed by atoms with Crippen LogP contribution in [0.1, 0.15) is 11.3 Å². The molecule has 5 heteroatoms. The van der Waals surface area contributed by atoms with Gasteiger partial charge in [0.15, 0.2) is 0 Å². The average Bonchev–Trinajstić information content (AvgIpc) is 3.02. The Morgan fingerprint density at radius 3 is 2.60 bits per heavy atom. The van der Waals surface area contributed by atoms with E-state index in [-0.39, 0.29) is 0 Å². The fourth-order valence-corrected chi connectivity index (χ4v) is 3.51. The maximum atomic E-state index is 5.75. The molecule has 0 saturated carbocycles. The summed E-state index contributed by atoms with van der Waals surface area (Å²) in [7, 11) is 0. The molecule has 1 saturated heterocycles. The number of fused-ring (bicyclic) bond motifs is 1. The molecule has 25 heavy (non-hydrogen) atoms. The molecule has 0 bridgehead atoms. The van der Waals surface area contributed by atoms with Gasteiger partial charge >= 0.3 is 0 Å². The Morgan fingerprint density at radius 1 is 1.04 bits per heavy atom. The van der Waals surface area contributed by atoms with Gasteiger partial charge in [-0.05, 0) is 24.6 Å². The number of nitrogens with one attached hydrogen (secondary N) is 1. The Kier molecular flexibility index (Phi) is 4.78. The Balaban J connectivity index is 1.80. The zero-order valence-corrected chi connectivity index (χ0v) is 14.5. The van der Waals surface area contributed by atoms with Crippen molar-refractivity contribution in [2.24, 2.45) is 5.73 Å². The van der Waals surface area contributed by atoms with Crippen LogP contribution in [0.4, 0.5) is 0 Å². The number of imidazole rings is 1. The van der Waals surface area contributed by atoms with Crippen molar-refractivity contribution in [3.63, 3.8) is 0 Å². The first-order chi connectivity index (χ1) is 12.3. The molecule has 0 unspecified atom stereocenters. The molecule has 5 nitrogen and oxygen atoms in total. The smallest absolute Gasteiger partial charge is 0.137 e. The number of hydrogen-bond acceptors (Lipinski definition) is 4. The molecule has 1 aliphatic rings. The summed E-state index contributed by atoms with van der Waals surface area (Å²) in [4.78, 5) is 7.44. The summed E-state index contributed by atoms with van der Waals surface area (Å²) < 4.78 is 2.26. The standard InChI is InChI=1S/C20H25N5/c21-9-8-16-6-7-19-23-20(17-4-2-1-3-5-17)18(25(19)14-16)15-24-12-10-22-11-13-24/h1-7,14,22H,8-13,15,21H2. The quantitative estimate of drug-likeness (QED) is 0.748. The van der Waals surface area contributed by atoms with Gasteiger partial charge in [-0.3, -0.25) is 4.90 Å². The summed E-state index contributed by atoms with van der Waals surface area (Å²) in [5.74, 6) is 0. The highest BCUT2D eigenvalue weighted by atomic mass is 15.2. The van der Waals surface area contributed by atoms with Gasteiger partial charge in [-0.15, -0.1) is 0 Å². The van der Waals surface area contributed by atoms with Crippen LogP contribution in [0.25, 0.3) is 16.9 Å². The van der Waals surface area contributed by atoms with Crippen molar-refractivity contribution in [3.05, 3.63) is 59.9 Å². The van der Waals surface area contributed by atoms with E-state index in [1.807, 2.05) is 0 Å². The van der Waals surface area contributed by atoms with Crippen molar-refractivity contribution in [2.75, 3.05) is 32.7 Å². The van der Waals surface area contributed by atoms with Crippen LogP contribution in [0, 0.1) is 0 Å². The van der Waals surface area contributed by atoms with Gasteiger partial charge in [0, 0.05) is 44.5 Å². The fraction of sp³-hybridized carbons (Fsp3) is 0.350. The molecular weight excluding hydrogens is 310 g/mol. The van der Waals surface area contributed by atoms with E-state index in [2.05, 4.69) is 63.3 Å². The van der Waals surface area contributed by atoms with Crippen LogP contribution in [0.15, 0.2) is 48.7 Å². The molecule has 3 heterocycles. The molecule has 4 rings (SSSR count). The number of nitrogens with zero attached hydrogens (tertiary/aromatic N) is 3. The highest BCUT2D eigenvalue weighted by Gasteiger charge is 2.18. The summed E-state index contributed by atoms with van der Waals surface area (Å²) >= 11 is 0. The van der Waals surface area contributed by atoms with E-state index in [4.69, 9.17) is 10.7 Å². The number of piperazine rings is 1. The summed E-state index contributed by atoms with van der Waals surface area (Å²) in [6.45, 7) is 5.83. The SMILES string of the molecule is NCCc1ccc2nc(-c3ccccc3)c(CN3CCNCC3)n2c1. The first-order valence-electron chi connectivity index (χ1n) is 9.03. The van der Waals surface area contributed by atoms with Crippen molar-refractivity contribution in [3.8, 4) is 11.3 Å². The van der Waals surface area contributed by atoms with Gasteiger partial charge in [0.05, 0.1) is 11.4 Å². The van der Waals surface area contributed by atoms with Crippen molar-refractivity contribution in [2.45, 2.75) is 13.0 Å². The monoisotopic (exact) mass is 335 g/mol. The molecule has 0 aliphatic carbocycles. The van der Waals surface area contributed by atoms with Crippen molar-refractivity contribution < 1.29 is 0 Å². The number of hydrogen-bond donors (Lipinski definition) is 2. The van der Waals surface area contributed by atoms with Gasteiger partial charge in [0.2, 0.25) is 0 Å².